The Kier molecular flexibility index (Phi) is 8.22. The number of hydrogen-bond donors (Lipinski definition) is 1. The van der Waals surface area contributed by atoms with Gasteiger partial charge in [0.2, 0.25) is 0 Å². The van der Waals surface area contributed by atoms with Crippen LogP contribution in [0.5, 0.6) is 0 Å². The number of carbonyl (C=O) groups is 1. The summed E-state index contributed by atoms with van der Waals surface area (Å²) in [5.74, 6) is -0.212. The molecule has 1 N–H and O–H groups in total. The Morgan fingerprint density at radius 2 is 2.19 bits per heavy atom. The quantitative estimate of drug-likeness (QED) is 0.662. The minimum absolute atomic E-state index is 0.0241. The number of nitrogens with one attached hydrogen (secondary N) is 1. The monoisotopic (exact) mass is 301 g/mol. The van der Waals surface area contributed by atoms with Crippen molar-refractivity contribution >= 4 is 5.97 Å². The average Bonchev–Trinajstić information content (AvgIpc) is 2.46. The first kappa shape index (κ1) is 18.4. The molecule has 0 aliphatic carbocycles. The lowest BCUT2D eigenvalue weighted by Crippen LogP contribution is -2.52. The molecule has 0 aromatic heterocycles. The molecular formula is C16H31NO4. The fourth-order valence-electron chi connectivity index (χ4n) is 2.75. The van der Waals surface area contributed by atoms with E-state index in [-0.39, 0.29) is 18.2 Å². The van der Waals surface area contributed by atoms with E-state index in [2.05, 4.69) is 5.32 Å². The lowest BCUT2D eigenvalue weighted by molar-refractivity contribution is -0.152. The van der Waals surface area contributed by atoms with Gasteiger partial charge in [0.15, 0.2) is 0 Å². The third kappa shape index (κ3) is 6.32. The zero-order chi connectivity index (χ0) is 15.7. The fourth-order valence-corrected chi connectivity index (χ4v) is 2.75. The van der Waals surface area contributed by atoms with E-state index in [4.69, 9.17) is 14.2 Å². The fraction of sp³-hybridized carbons (Fsp3) is 0.938. The van der Waals surface area contributed by atoms with Crippen molar-refractivity contribution in [1.29, 1.82) is 0 Å². The molecule has 0 spiro atoms. The number of ether oxygens (including phenoxy) is 3. The molecule has 0 amide bonds. The second-order valence-corrected chi connectivity index (χ2v) is 5.92. The predicted molar refractivity (Wildman–Crippen MR) is 82.3 cm³/mol. The molecule has 21 heavy (non-hydrogen) atoms. The summed E-state index contributed by atoms with van der Waals surface area (Å²) in [7, 11) is 0. The Hall–Kier alpha value is -0.650. The van der Waals surface area contributed by atoms with Crippen LogP contribution in [0.25, 0.3) is 0 Å². The van der Waals surface area contributed by atoms with Crippen LogP contribution < -0.4 is 5.32 Å². The Balaban J connectivity index is 2.43. The molecule has 1 rings (SSSR count). The number of esters is 1. The molecular weight excluding hydrogens is 270 g/mol. The normalized spacial score (nSPS) is 23.3. The van der Waals surface area contributed by atoms with Crippen LogP contribution in [0.4, 0.5) is 0 Å². The van der Waals surface area contributed by atoms with Gasteiger partial charge in [-0.2, -0.15) is 0 Å². The third-order valence-corrected chi connectivity index (χ3v) is 3.83. The van der Waals surface area contributed by atoms with Gasteiger partial charge in [0.25, 0.3) is 0 Å². The highest BCUT2D eigenvalue weighted by molar-refractivity contribution is 5.80. The first-order valence-electron chi connectivity index (χ1n) is 8.17. The minimum Gasteiger partial charge on any atom is -0.465 e. The van der Waals surface area contributed by atoms with Crippen LogP contribution in [0.15, 0.2) is 0 Å². The van der Waals surface area contributed by atoms with Crippen molar-refractivity contribution in [3.05, 3.63) is 0 Å². The molecule has 3 unspecified atom stereocenters. The molecule has 1 heterocycles. The minimum atomic E-state index is -0.697. The second kappa shape index (κ2) is 9.38. The van der Waals surface area contributed by atoms with Gasteiger partial charge < -0.3 is 19.5 Å². The van der Waals surface area contributed by atoms with E-state index in [9.17, 15) is 4.79 Å². The second-order valence-electron chi connectivity index (χ2n) is 5.92. The zero-order valence-electron chi connectivity index (χ0n) is 13.9. The van der Waals surface area contributed by atoms with E-state index in [1.54, 1.807) is 0 Å². The third-order valence-electron chi connectivity index (χ3n) is 3.83. The van der Waals surface area contributed by atoms with Gasteiger partial charge in [-0.25, -0.2) is 0 Å². The summed E-state index contributed by atoms with van der Waals surface area (Å²) < 4.78 is 16.7. The molecule has 5 nitrogen and oxygen atoms in total. The van der Waals surface area contributed by atoms with E-state index in [0.717, 1.165) is 19.4 Å². The van der Waals surface area contributed by atoms with Gasteiger partial charge >= 0.3 is 5.97 Å². The van der Waals surface area contributed by atoms with Crippen LogP contribution in [0.1, 0.15) is 53.4 Å². The molecule has 1 aliphatic heterocycles. The van der Waals surface area contributed by atoms with E-state index in [1.165, 1.54) is 6.42 Å². The topological polar surface area (TPSA) is 56.8 Å². The van der Waals surface area contributed by atoms with E-state index < -0.39 is 5.54 Å². The molecule has 124 valence electrons. The average molecular weight is 301 g/mol. The summed E-state index contributed by atoms with van der Waals surface area (Å²) in [6.07, 6.45) is 4.19. The van der Waals surface area contributed by atoms with E-state index >= 15 is 0 Å². The number of carbonyl (C=O) groups excluding carboxylic acids is 1. The molecule has 3 atom stereocenters. The van der Waals surface area contributed by atoms with E-state index in [1.807, 2.05) is 27.7 Å². The van der Waals surface area contributed by atoms with Crippen molar-refractivity contribution in [1.82, 2.24) is 5.32 Å². The largest absolute Gasteiger partial charge is 0.465 e. The zero-order valence-corrected chi connectivity index (χ0v) is 13.9. The smallest absolute Gasteiger partial charge is 0.326 e. The van der Waals surface area contributed by atoms with Crippen molar-refractivity contribution < 1.29 is 19.0 Å². The number of hydrogen-bond acceptors (Lipinski definition) is 5. The number of rotatable bonds is 9. The molecule has 0 aromatic rings. The summed E-state index contributed by atoms with van der Waals surface area (Å²) >= 11 is 0. The molecule has 1 aliphatic rings. The first-order valence-corrected chi connectivity index (χ1v) is 8.17. The Bertz CT molecular complexity index is 305. The van der Waals surface area contributed by atoms with Crippen molar-refractivity contribution in [3.8, 4) is 0 Å². The standard InChI is InChI=1S/C16H31NO4/c1-5-17-16(4,15(18)19-6-2)11-13(3)21-12-14-9-7-8-10-20-14/h13-14,17H,5-12H2,1-4H3. The summed E-state index contributed by atoms with van der Waals surface area (Å²) in [6, 6.07) is 0. The Morgan fingerprint density at radius 1 is 1.43 bits per heavy atom. The van der Waals surface area contributed by atoms with Crippen LogP contribution in [0.3, 0.4) is 0 Å². The summed E-state index contributed by atoms with van der Waals surface area (Å²) in [5, 5.41) is 3.23. The lowest BCUT2D eigenvalue weighted by Gasteiger charge is -2.31. The maximum atomic E-state index is 12.1. The predicted octanol–water partition coefficient (Wildman–Crippen LogP) is 2.28. The highest BCUT2D eigenvalue weighted by Gasteiger charge is 2.35. The van der Waals surface area contributed by atoms with Crippen LogP contribution >= 0.6 is 0 Å². The molecule has 0 bridgehead atoms. The van der Waals surface area contributed by atoms with Crippen molar-refractivity contribution in [3.63, 3.8) is 0 Å². The van der Waals surface area contributed by atoms with Crippen LogP contribution in [0, 0.1) is 0 Å². The van der Waals surface area contributed by atoms with Gasteiger partial charge in [-0.3, -0.25) is 4.79 Å². The van der Waals surface area contributed by atoms with Gasteiger partial charge in [-0.15, -0.1) is 0 Å². The summed E-state index contributed by atoms with van der Waals surface area (Å²) in [5.41, 5.74) is -0.697. The van der Waals surface area contributed by atoms with Crippen LogP contribution in [-0.2, 0) is 19.0 Å². The highest BCUT2D eigenvalue weighted by Crippen LogP contribution is 2.19. The van der Waals surface area contributed by atoms with Gasteiger partial charge in [0.1, 0.15) is 5.54 Å². The van der Waals surface area contributed by atoms with Crippen LogP contribution in [0.2, 0.25) is 0 Å². The highest BCUT2D eigenvalue weighted by atomic mass is 16.5. The molecule has 0 saturated carbocycles. The summed E-state index contributed by atoms with van der Waals surface area (Å²) in [6.45, 7) is 10.2. The van der Waals surface area contributed by atoms with Gasteiger partial charge in [0.05, 0.1) is 25.4 Å². The SMILES string of the molecule is CCNC(C)(CC(C)OCC1CCCCO1)C(=O)OCC. The van der Waals surface area contributed by atoms with Gasteiger partial charge in [-0.05, 0) is 46.6 Å². The Morgan fingerprint density at radius 3 is 2.76 bits per heavy atom. The maximum absolute atomic E-state index is 12.1. The molecule has 1 fully saturated rings. The van der Waals surface area contributed by atoms with Crippen LogP contribution in [-0.4, -0.2) is 50.1 Å². The van der Waals surface area contributed by atoms with Gasteiger partial charge in [-0.1, -0.05) is 6.92 Å². The van der Waals surface area contributed by atoms with Gasteiger partial charge in [0, 0.05) is 13.0 Å². The van der Waals surface area contributed by atoms with Crippen molar-refractivity contribution in [2.75, 3.05) is 26.4 Å². The van der Waals surface area contributed by atoms with Crippen molar-refractivity contribution in [2.24, 2.45) is 0 Å². The lowest BCUT2D eigenvalue weighted by atomic mass is 9.94. The summed E-state index contributed by atoms with van der Waals surface area (Å²) in [4.78, 5) is 12.1. The van der Waals surface area contributed by atoms with E-state index in [0.29, 0.717) is 26.2 Å². The number of likely N-dealkylation sites (N-methyl/N-ethyl adjacent to an activating group) is 1. The van der Waals surface area contributed by atoms with Crippen molar-refractivity contribution in [2.45, 2.75) is 71.1 Å². The molecule has 0 aromatic carbocycles. The molecule has 5 heteroatoms. The first-order chi connectivity index (χ1) is 10.0. The molecule has 1 saturated heterocycles. The maximum Gasteiger partial charge on any atom is 0.326 e. The molecule has 0 radical (unpaired) electrons. The Labute approximate surface area is 128 Å².